The van der Waals surface area contributed by atoms with E-state index >= 15 is 0 Å². The van der Waals surface area contributed by atoms with Gasteiger partial charge in [0.25, 0.3) is 0 Å². The molecule has 0 saturated carbocycles. The Labute approximate surface area is 123 Å². The van der Waals surface area contributed by atoms with E-state index in [0.717, 1.165) is 18.7 Å². The van der Waals surface area contributed by atoms with Crippen molar-refractivity contribution < 1.29 is 4.79 Å². The summed E-state index contributed by atoms with van der Waals surface area (Å²) in [6, 6.07) is 9.61. The molecule has 0 aliphatic rings. The Morgan fingerprint density at radius 1 is 1.10 bits per heavy atom. The molecule has 1 aromatic carbocycles. The minimum Gasteiger partial charge on any atom is -0.340 e. The second kappa shape index (κ2) is 6.89. The predicted molar refractivity (Wildman–Crippen MR) is 84.2 cm³/mol. The third kappa shape index (κ3) is 4.34. The molecule has 3 nitrogen and oxygen atoms in total. The van der Waals surface area contributed by atoms with E-state index in [0.29, 0.717) is 11.8 Å². The van der Waals surface area contributed by atoms with Gasteiger partial charge in [-0.05, 0) is 24.3 Å². The van der Waals surface area contributed by atoms with Gasteiger partial charge in [-0.3, -0.25) is 4.79 Å². The van der Waals surface area contributed by atoms with Gasteiger partial charge in [-0.25, -0.2) is 0 Å². The predicted octanol–water partition coefficient (Wildman–Crippen LogP) is 3.00. The van der Waals surface area contributed by atoms with Crippen molar-refractivity contribution in [1.82, 2.24) is 4.90 Å². The van der Waals surface area contributed by atoms with Crippen molar-refractivity contribution in [1.29, 1.82) is 0 Å². The summed E-state index contributed by atoms with van der Waals surface area (Å²) in [5, 5.41) is 0. The summed E-state index contributed by atoms with van der Waals surface area (Å²) in [7, 11) is 0. The molecule has 0 heterocycles. The van der Waals surface area contributed by atoms with Crippen molar-refractivity contribution in [3.8, 4) is 0 Å². The van der Waals surface area contributed by atoms with Crippen molar-refractivity contribution in [3.05, 3.63) is 35.9 Å². The van der Waals surface area contributed by atoms with E-state index < -0.39 is 5.54 Å². The van der Waals surface area contributed by atoms with Crippen molar-refractivity contribution in [2.75, 3.05) is 13.1 Å². The summed E-state index contributed by atoms with van der Waals surface area (Å²) >= 11 is 0. The van der Waals surface area contributed by atoms with Gasteiger partial charge < -0.3 is 10.6 Å². The minimum atomic E-state index is -0.967. The zero-order valence-corrected chi connectivity index (χ0v) is 13.4. The van der Waals surface area contributed by atoms with Crippen LogP contribution in [0.25, 0.3) is 0 Å². The number of rotatable bonds is 6. The maximum absolute atomic E-state index is 12.8. The third-order valence-corrected chi connectivity index (χ3v) is 3.28. The molecule has 1 rings (SSSR count). The smallest absolute Gasteiger partial charge is 0.246 e. The largest absolute Gasteiger partial charge is 0.340 e. The Bertz CT molecular complexity index is 414. The molecule has 1 unspecified atom stereocenters. The van der Waals surface area contributed by atoms with Crippen molar-refractivity contribution >= 4 is 5.91 Å². The Balaban J connectivity index is 2.98. The molecule has 112 valence electrons. The molecule has 0 bridgehead atoms. The van der Waals surface area contributed by atoms with Crippen LogP contribution in [0.4, 0.5) is 0 Å². The highest BCUT2D eigenvalue weighted by molar-refractivity contribution is 5.87. The normalized spacial score (nSPS) is 14.4. The summed E-state index contributed by atoms with van der Waals surface area (Å²) in [5.41, 5.74) is 6.24. The molecule has 0 aromatic heterocycles. The van der Waals surface area contributed by atoms with Crippen LogP contribution < -0.4 is 5.73 Å². The van der Waals surface area contributed by atoms with Crippen LogP contribution >= 0.6 is 0 Å². The lowest BCUT2D eigenvalue weighted by Gasteiger charge is -2.34. The average Bonchev–Trinajstić information content (AvgIpc) is 2.37. The first-order chi connectivity index (χ1) is 9.25. The van der Waals surface area contributed by atoms with Crippen LogP contribution in [-0.4, -0.2) is 23.9 Å². The van der Waals surface area contributed by atoms with Crippen molar-refractivity contribution in [3.63, 3.8) is 0 Å². The Morgan fingerprint density at radius 2 is 1.55 bits per heavy atom. The summed E-state index contributed by atoms with van der Waals surface area (Å²) < 4.78 is 0. The lowest BCUT2D eigenvalue weighted by Crippen LogP contribution is -2.52. The van der Waals surface area contributed by atoms with E-state index in [1.807, 2.05) is 35.2 Å². The van der Waals surface area contributed by atoms with Crippen LogP contribution in [0.3, 0.4) is 0 Å². The maximum Gasteiger partial charge on any atom is 0.246 e. The van der Waals surface area contributed by atoms with E-state index in [2.05, 4.69) is 27.7 Å². The van der Waals surface area contributed by atoms with Gasteiger partial charge in [0.05, 0.1) is 0 Å². The summed E-state index contributed by atoms with van der Waals surface area (Å²) in [4.78, 5) is 14.7. The van der Waals surface area contributed by atoms with E-state index in [1.54, 1.807) is 6.92 Å². The Hall–Kier alpha value is -1.35. The fraction of sp³-hybridized carbons (Fsp3) is 0.588. The number of benzene rings is 1. The molecule has 0 radical (unpaired) electrons. The van der Waals surface area contributed by atoms with Gasteiger partial charge in [0.1, 0.15) is 5.54 Å². The highest BCUT2D eigenvalue weighted by Crippen LogP contribution is 2.21. The first-order valence-electron chi connectivity index (χ1n) is 7.39. The first kappa shape index (κ1) is 16.7. The number of carbonyl (C=O) groups is 1. The van der Waals surface area contributed by atoms with E-state index in [1.165, 1.54) is 0 Å². The third-order valence-electron chi connectivity index (χ3n) is 3.28. The van der Waals surface area contributed by atoms with E-state index in [4.69, 9.17) is 5.73 Å². The van der Waals surface area contributed by atoms with Crippen molar-refractivity contribution in [2.45, 2.75) is 40.2 Å². The number of nitrogens with two attached hydrogens (primary N) is 1. The van der Waals surface area contributed by atoms with Crippen LogP contribution in [0, 0.1) is 11.8 Å². The van der Waals surface area contributed by atoms with E-state index in [-0.39, 0.29) is 5.91 Å². The van der Waals surface area contributed by atoms with Crippen LogP contribution in [0.1, 0.15) is 40.2 Å². The van der Waals surface area contributed by atoms with Gasteiger partial charge >= 0.3 is 0 Å². The topological polar surface area (TPSA) is 46.3 Å². The average molecular weight is 276 g/mol. The Kier molecular flexibility index (Phi) is 5.75. The molecule has 1 amide bonds. The lowest BCUT2D eigenvalue weighted by molar-refractivity contribution is -0.137. The molecule has 20 heavy (non-hydrogen) atoms. The molecule has 3 heteroatoms. The highest BCUT2D eigenvalue weighted by Gasteiger charge is 2.34. The molecule has 2 N–H and O–H groups in total. The van der Waals surface area contributed by atoms with Crippen LogP contribution in [0.5, 0.6) is 0 Å². The van der Waals surface area contributed by atoms with Crippen LogP contribution in [0.15, 0.2) is 30.3 Å². The standard InChI is InChI=1S/C17H28N2O/c1-13(2)11-19(12-14(3)4)16(20)17(5,18)15-9-7-6-8-10-15/h6-10,13-14H,11-12,18H2,1-5H3. The second-order valence-electron chi connectivity index (χ2n) is 6.57. The van der Waals surface area contributed by atoms with Gasteiger partial charge in [0.15, 0.2) is 0 Å². The molecule has 0 spiro atoms. The van der Waals surface area contributed by atoms with Gasteiger partial charge in [-0.1, -0.05) is 58.0 Å². The fourth-order valence-corrected chi connectivity index (χ4v) is 2.36. The lowest BCUT2D eigenvalue weighted by atomic mass is 9.91. The molecule has 0 aliphatic heterocycles. The van der Waals surface area contributed by atoms with E-state index in [9.17, 15) is 4.79 Å². The number of hydrogen-bond acceptors (Lipinski definition) is 2. The molecular formula is C17H28N2O. The molecule has 0 fully saturated rings. The second-order valence-corrected chi connectivity index (χ2v) is 6.57. The number of amides is 1. The van der Waals surface area contributed by atoms with Crippen LogP contribution in [0.2, 0.25) is 0 Å². The summed E-state index contributed by atoms with van der Waals surface area (Å²) in [6.45, 7) is 11.8. The molecule has 1 aromatic rings. The molecule has 1 atom stereocenters. The monoisotopic (exact) mass is 276 g/mol. The number of hydrogen-bond donors (Lipinski definition) is 1. The molecule has 0 aliphatic carbocycles. The zero-order chi connectivity index (χ0) is 15.3. The van der Waals surface area contributed by atoms with Gasteiger partial charge in [0.2, 0.25) is 5.91 Å². The quantitative estimate of drug-likeness (QED) is 0.868. The van der Waals surface area contributed by atoms with Gasteiger partial charge in [-0.2, -0.15) is 0 Å². The molecule has 0 saturated heterocycles. The van der Waals surface area contributed by atoms with Crippen LogP contribution in [-0.2, 0) is 10.3 Å². The highest BCUT2D eigenvalue weighted by atomic mass is 16.2. The zero-order valence-electron chi connectivity index (χ0n) is 13.4. The molecular weight excluding hydrogens is 248 g/mol. The summed E-state index contributed by atoms with van der Waals surface area (Å²) in [5.74, 6) is 0.875. The maximum atomic E-state index is 12.8. The van der Waals surface area contributed by atoms with Gasteiger partial charge in [-0.15, -0.1) is 0 Å². The minimum absolute atomic E-state index is 0.00565. The summed E-state index contributed by atoms with van der Waals surface area (Å²) in [6.07, 6.45) is 0. The fourth-order valence-electron chi connectivity index (χ4n) is 2.36. The Morgan fingerprint density at radius 3 is 1.95 bits per heavy atom. The van der Waals surface area contributed by atoms with Crippen molar-refractivity contribution in [2.24, 2.45) is 17.6 Å². The SMILES string of the molecule is CC(C)CN(CC(C)C)C(=O)C(C)(N)c1ccccc1. The van der Waals surface area contributed by atoms with Gasteiger partial charge in [0, 0.05) is 13.1 Å². The first-order valence-corrected chi connectivity index (χ1v) is 7.39. The number of nitrogens with zero attached hydrogens (tertiary/aromatic N) is 1. The number of carbonyl (C=O) groups excluding carboxylic acids is 1.